The van der Waals surface area contributed by atoms with E-state index in [2.05, 4.69) is 11.9 Å². The third-order valence-corrected chi connectivity index (χ3v) is 2.26. The summed E-state index contributed by atoms with van der Waals surface area (Å²) in [6, 6.07) is 0. The molecule has 0 aliphatic carbocycles. The Morgan fingerprint density at radius 1 is 1.55 bits per heavy atom. The predicted octanol–water partition coefficient (Wildman–Crippen LogP) is 1.54. The van der Waals surface area contributed by atoms with Crippen molar-refractivity contribution >= 4 is 0 Å². The Morgan fingerprint density at radius 2 is 2.18 bits per heavy atom. The van der Waals surface area contributed by atoms with Crippen molar-refractivity contribution in [2.24, 2.45) is 5.92 Å². The van der Waals surface area contributed by atoms with Gasteiger partial charge in [0.15, 0.2) is 0 Å². The molecule has 0 spiro atoms. The van der Waals surface area contributed by atoms with Crippen LogP contribution in [-0.4, -0.2) is 20.2 Å². The molecular formula is C9H17NO. The third kappa shape index (κ3) is 2.93. The lowest BCUT2D eigenvalue weighted by Gasteiger charge is -2.22. The first-order valence-electron chi connectivity index (χ1n) is 4.25. The van der Waals surface area contributed by atoms with Crippen LogP contribution in [-0.2, 0) is 4.74 Å². The fraction of sp³-hybridized carbons (Fsp3) is 0.778. The highest BCUT2D eigenvalue weighted by molar-refractivity contribution is 4.86. The second-order valence-corrected chi connectivity index (χ2v) is 3.14. The topological polar surface area (TPSA) is 21.3 Å². The van der Waals surface area contributed by atoms with E-state index < -0.39 is 0 Å². The lowest BCUT2D eigenvalue weighted by molar-refractivity contribution is 0.245. The molecule has 0 aromatic carbocycles. The molecule has 1 rings (SSSR count). The van der Waals surface area contributed by atoms with Crippen molar-refractivity contribution in [3.63, 3.8) is 0 Å². The summed E-state index contributed by atoms with van der Waals surface area (Å²) < 4.78 is 5.04. The summed E-state index contributed by atoms with van der Waals surface area (Å²) in [5, 5.41) is 3.34. The number of methoxy groups -OCH3 is 1. The van der Waals surface area contributed by atoms with E-state index >= 15 is 0 Å². The average molecular weight is 155 g/mol. The van der Waals surface area contributed by atoms with E-state index in [1.54, 1.807) is 7.11 Å². The van der Waals surface area contributed by atoms with Crippen molar-refractivity contribution in [2.45, 2.75) is 19.3 Å². The van der Waals surface area contributed by atoms with Crippen molar-refractivity contribution in [3.8, 4) is 0 Å². The number of nitrogens with one attached hydrogen (secondary N) is 1. The SMILES string of the molecule is C=C(CC1CCNCC1)OC. The smallest absolute Gasteiger partial charge is 0.0886 e. The van der Waals surface area contributed by atoms with Crippen LogP contribution in [0.2, 0.25) is 0 Å². The van der Waals surface area contributed by atoms with Crippen LogP contribution < -0.4 is 5.32 Å². The molecule has 1 fully saturated rings. The Hall–Kier alpha value is -0.500. The zero-order valence-electron chi connectivity index (χ0n) is 7.23. The molecule has 1 heterocycles. The van der Waals surface area contributed by atoms with Crippen LogP contribution in [0.5, 0.6) is 0 Å². The zero-order chi connectivity index (χ0) is 8.10. The van der Waals surface area contributed by atoms with Crippen LogP contribution in [0, 0.1) is 5.92 Å². The van der Waals surface area contributed by atoms with Crippen molar-refractivity contribution < 1.29 is 4.74 Å². The molecule has 2 nitrogen and oxygen atoms in total. The fourth-order valence-electron chi connectivity index (χ4n) is 1.49. The zero-order valence-corrected chi connectivity index (χ0v) is 7.23. The number of ether oxygens (including phenoxy) is 1. The maximum atomic E-state index is 5.04. The molecule has 0 radical (unpaired) electrons. The Morgan fingerprint density at radius 3 is 2.73 bits per heavy atom. The summed E-state index contributed by atoms with van der Waals surface area (Å²) in [4.78, 5) is 0. The first-order valence-corrected chi connectivity index (χ1v) is 4.25. The minimum atomic E-state index is 0.795. The standard InChI is InChI=1S/C9H17NO/c1-8(11-2)7-9-3-5-10-6-4-9/h9-10H,1,3-7H2,2H3. The minimum absolute atomic E-state index is 0.795. The van der Waals surface area contributed by atoms with Gasteiger partial charge in [0, 0.05) is 6.42 Å². The van der Waals surface area contributed by atoms with E-state index in [1.807, 2.05) is 0 Å². The summed E-state index contributed by atoms with van der Waals surface area (Å²) in [7, 11) is 1.70. The maximum absolute atomic E-state index is 5.04. The van der Waals surface area contributed by atoms with Crippen molar-refractivity contribution in [1.29, 1.82) is 0 Å². The van der Waals surface area contributed by atoms with Gasteiger partial charge in [-0.1, -0.05) is 6.58 Å². The van der Waals surface area contributed by atoms with Gasteiger partial charge in [0.2, 0.25) is 0 Å². The molecule has 0 unspecified atom stereocenters. The second kappa shape index (κ2) is 4.39. The molecular weight excluding hydrogens is 138 g/mol. The molecule has 0 saturated carbocycles. The Balaban J connectivity index is 2.19. The Labute approximate surface area is 68.6 Å². The van der Waals surface area contributed by atoms with E-state index in [1.165, 1.54) is 12.8 Å². The van der Waals surface area contributed by atoms with Gasteiger partial charge in [0.1, 0.15) is 0 Å². The van der Waals surface area contributed by atoms with Gasteiger partial charge < -0.3 is 10.1 Å². The lowest BCUT2D eigenvalue weighted by Crippen LogP contribution is -2.27. The fourth-order valence-corrected chi connectivity index (χ4v) is 1.49. The number of allylic oxidation sites excluding steroid dienone is 1. The molecule has 1 aliphatic heterocycles. The van der Waals surface area contributed by atoms with Crippen molar-refractivity contribution in [1.82, 2.24) is 5.32 Å². The van der Waals surface area contributed by atoms with Crippen LogP contribution in [0.15, 0.2) is 12.3 Å². The highest BCUT2D eigenvalue weighted by Crippen LogP contribution is 2.19. The Bertz CT molecular complexity index is 128. The van der Waals surface area contributed by atoms with Crippen LogP contribution in [0.4, 0.5) is 0 Å². The van der Waals surface area contributed by atoms with Gasteiger partial charge >= 0.3 is 0 Å². The van der Waals surface area contributed by atoms with E-state index in [4.69, 9.17) is 4.74 Å². The molecule has 2 heteroatoms. The molecule has 1 N–H and O–H groups in total. The lowest BCUT2D eigenvalue weighted by atomic mass is 9.94. The molecule has 11 heavy (non-hydrogen) atoms. The molecule has 1 saturated heterocycles. The van der Waals surface area contributed by atoms with Gasteiger partial charge in [-0.15, -0.1) is 0 Å². The number of piperidine rings is 1. The molecule has 0 amide bonds. The molecule has 0 aromatic heterocycles. The average Bonchev–Trinajstić information content (AvgIpc) is 2.06. The quantitative estimate of drug-likeness (QED) is 0.624. The molecule has 1 aliphatic rings. The van der Waals surface area contributed by atoms with E-state index in [9.17, 15) is 0 Å². The van der Waals surface area contributed by atoms with Gasteiger partial charge in [-0.3, -0.25) is 0 Å². The molecule has 0 atom stereocenters. The molecule has 0 aromatic rings. The minimum Gasteiger partial charge on any atom is -0.502 e. The van der Waals surface area contributed by atoms with Gasteiger partial charge in [0.05, 0.1) is 12.9 Å². The van der Waals surface area contributed by atoms with Crippen molar-refractivity contribution in [2.75, 3.05) is 20.2 Å². The maximum Gasteiger partial charge on any atom is 0.0886 e. The Kier molecular flexibility index (Phi) is 3.43. The summed E-state index contributed by atoms with van der Waals surface area (Å²) in [6.07, 6.45) is 3.57. The predicted molar refractivity (Wildman–Crippen MR) is 46.4 cm³/mol. The monoisotopic (exact) mass is 155 g/mol. The van der Waals surface area contributed by atoms with Crippen LogP contribution >= 0.6 is 0 Å². The van der Waals surface area contributed by atoms with E-state index in [0.717, 1.165) is 31.2 Å². The number of rotatable bonds is 3. The highest BCUT2D eigenvalue weighted by atomic mass is 16.5. The van der Waals surface area contributed by atoms with Gasteiger partial charge in [-0.2, -0.15) is 0 Å². The van der Waals surface area contributed by atoms with Crippen LogP contribution in [0.3, 0.4) is 0 Å². The summed E-state index contributed by atoms with van der Waals surface area (Å²) >= 11 is 0. The summed E-state index contributed by atoms with van der Waals surface area (Å²) in [6.45, 7) is 6.13. The normalized spacial score (nSPS) is 19.7. The third-order valence-electron chi connectivity index (χ3n) is 2.26. The van der Waals surface area contributed by atoms with Crippen LogP contribution in [0.1, 0.15) is 19.3 Å². The molecule has 0 bridgehead atoms. The number of hydrogen-bond donors (Lipinski definition) is 1. The number of hydrogen-bond acceptors (Lipinski definition) is 2. The van der Waals surface area contributed by atoms with Crippen molar-refractivity contribution in [3.05, 3.63) is 12.3 Å². The summed E-state index contributed by atoms with van der Waals surface area (Å²) in [5.74, 6) is 1.72. The van der Waals surface area contributed by atoms with Crippen LogP contribution in [0.25, 0.3) is 0 Å². The first-order chi connectivity index (χ1) is 5.33. The molecule has 64 valence electrons. The van der Waals surface area contributed by atoms with E-state index in [-0.39, 0.29) is 0 Å². The second-order valence-electron chi connectivity index (χ2n) is 3.14. The van der Waals surface area contributed by atoms with Gasteiger partial charge in [0.25, 0.3) is 0 Å². The van der Waals surface area contributed by atoms with Gasteiger partial charge in [-0.05, 0) is 31.8 Å². The van der Waals surface area contributed by atoms with E-state index in [0.29, 0.717) is 0 Å². The summed E-state index contributed by atoms with van der Waals surface area (Å²) in [5.41, 5.74) is 0. The first kappa shape index (κ1) is 8.60. The largest absolute Gasteiger partial charge is 0.502 e. The highest BCUT2D eigenvalue weighted by Gasteiger charge is 2.13. The van der Waals surface area contributed by atoms with Gasteiger partial charge in [-0.25, -0.2) is 0 Å².